The minimum absolute atomic E-state index is 0.0619. The third-order valence-electron chi connectivity index (χ3n) is 3.32. The van der Waals surface area contributed by atoms with Crippen LogP contribution in [0.25, 0.3) is 0 Å². The molecule has 4 heteroatoms. The molecule has 1 saturated heterocycles. The van der Waals surface area contributed by atoms with Gasteiger partial charge in [-0.1, -0.05) is 18.2 Å². The topological polar surface area (TPSA) is 54.0 Å². The fourth-order valence-electron chi connectivity index (χ4n) is 2.27. The molecule has 2 aliphatic rings. The molecule has 1 aliphatic carbocycles. The fraction of sp³-hybridized carbons (Fsp3) is 0.385. The van der Waals surface area contributed by atoms with Crippen LogP contribution in [0, 0.1) is 0 Å². The lowest BCUT2D eigenvalue weighted by molar-refractivity contribution is -0.687. The van der Waals surface area contributed by atoms with E-state index in [2.05, 4.69) is 5.32 Å². The zero-order valence-electron chi connectivity index (χ0n) is 9.50. The Hall–Kier alpha value is -1.68. The number of anilines is 1. The molecule has 2 amide bonds. The van der Waals surface area contributed by atoms with Gasteiger partial charge in [0, 0.05) is 12.8 Å². The second-order valence-electron chi connectivity index (χ2n) is 4.74. The standard InChI is InChI=1S/C13H14N2O2/c16-12-8-11(14-9-6-7-9)13(17)15(12)10-4-2-1-3-5-10/h1-5,9,11,14H,6-8H2/p+1/t11-/m0/s1. The van der Waals surface area contributed by atoms with Crippen molar-refractivity contribution in [1.82, 2.24) is 0 Å². The zero-order valence-corrected chi connectivity index (χ0v) is 9.50. The Bertz CT molecular complexity index is 454. The maximum Gasteiger partial charge on any atom is 0.292 e. The molecule has 4 nitrogen and oxygen atoms in total. The number of hydrogen-bond acceptors (Lipinski definition) is 2. The molecule has 0 spiro atoms. The van der Waals surface area contributed by atoms with Crippen molar-refractivity contribution in [3.8, 4) is 0 Å². The Morgan fingerprint density at radius 3 is 2.47 bits per heavy atom. The van der Waals surface area contributed by atoms with Crippen LogP contribution in [-0.2, 0) is 9.59 Å². The molecule has 1 aromatic rings. The van der Waals surface area contributed by atoms with Gasteiger partial charge in [0.25, 0.3) is 5.91 Å². The smallest absolute Gasteiger partial charge is 0.292 e. The molecule has 2 N–H and O–H groups in total. The molecular weight excluding hydrogens is 216 g/mol. The molecule has 2 fully saturated rings. The van der Waals surface area contributed by atoms with Crippen LogP contribution >= 0.6 is 0 Å². The van der Waals surface area contributed by atoms with Gasteiger partial charge in [0.1, 0.15) is 0 Å². The van der Waals surface area contributed by atoms with Crippen LogP contribution in [0.1, 0.15) is 19.3 Å². The maximum absolute atomic E-state index is 12.2. The summed E-state index contributed by atoms with van der Waals surface area (Å²) in [6.45, 7) is 0. The van der Waals surface area contributed by atoms with Crippen molar-refractivity contribution in [2.75, 3.05) is 4.90 Å². The molecule has 1 aliphatic heterocycles. The summed E-state index contributed by atoms with van der Waals surface area (Å²) in [5, 5.41) is 2.06. The second kappa shape index (κ2) is 3.96. The number of imide groups is 1. The van der Waals surface area contributed by atoms with E-state index in [1.165, 1.54) is 17.7 Å². The molecule has 0 aromatic heterocycles. The summed E-state index contributed by atoms with van der Waals surface area (Å²) in [5.74, 6) is -0.142. The second-order valence-corrected chi connectivity index (χ2v) is 4.74. The summed E-state index contributed by atoms with van der Waals surface area (Å²) in [5.41, 5.74) is 0.689. The van der Waals surface area contributed by atoms with Crippen LogP contribution in [0.3, 0.4) is 0 Å². The van der Waals surface area contributed by atoms with Crippen LogP contribution in [0.4, 0.5) is 5.69 Å². The summed E-state index contributed by atoms with van der Waals surface area (Å²) in [4.78, 5) is 25.4. The molecule has 1 saturated carbocycles. The number of para-hydroxylation sites is 1. The van der Waals surface area contributed by atoms with E-state index < -0.39 is 0 Å². The van der Waals surface area contributed by atoms with Crippen LogP contribution in [-0.4, -0.2) is 23.9 Å². The van der Waals surface area contributed by atoms with E-state index in [0.29, 0.717) is 18.2 Å². The van der Waals surface area contributed by atoms with Gasteiger partial charge in [-0.25, -0.2) is 4.90 Å². The number of hydrogen-bond donors (Lipinski definition) is 1. The number of carbonyl (C=O) groups is 2. The molecule has 3 rings (SSSR count). The van der Waals surface area contributed by atoms with E-state index in [4.69, 9.17) is 0 Å². The van der Waals surface area contributed by atoms with Gasteiger partial charge in [0.05, 0.1) is 18.2 Å². The first-order valence-corrected chi connectivity index (χ1v) is 6.02. The average Bonchev–Trinajstić information content (AvgIpc) is 3.09. The number of nitrogens with zero attached hydrogens (tertiary/aromatic N) is 1. The molecule has 17 heavy (non-hydrogen) atoms. The van der Waals surface area contributed by atoms with Crippen LogP contribution in [0.5, 0.6) is 0 Å². The predicted octanol–water partition coefficient (Wildman–Crippen LogP) is 0.0443. The SMILES string of the molecule is O=C1C[C@H]([NH2+]C2CC2)C(=O)N1c1ccccc1. The molecule has 0 bridgehead atoms. The molecule has 0 unspecified atom stereocenters. The van der Waals surface area contributed by atoms with Crippen molar-refractivity contribution in [1.29, 1.82) is 0 Å². The van der Waals surface area contributed by atoms with E-state index in [1.54, 1.807) is 12.1 Å². The first-order valence-electron chi connectivity index (χ1n) is 6.02. The molecule has 88 valence electrons. The van der Waals surface area contributed by atoms with Crippen molar-refractivity contribution < 1.29 is 14.9 Å². The largest absolute Gasteiger partial charge is 0.333 e. The predicted molar refractivity (Wildman–Crippen MR) is 62.3 cm³/mol. The van der Waals surface area contributed by atoms with E-state index >= 15 is 0 Å². The minimum Gasteiger partial charge on any atom is -0.333 e. The summed E-state index contributed by atoms with van der Waals surface area (Å²) in [6.07, 6.45) is 2.68. The average molecular weight is 231 g/mol. The van der Waals surface area contributed by atoms with Gasteiger partial charge in [-0.3, -0.25) is 9.59 Å². The van der Waals surface area contributed by atoms with Gasteiger partial charge in [0.2, 0.25) is 5.91 Å². The Labute approximate surface area is 99.6 Å². The molecule has 1 aromatic carbocycles. The number of rotatable bonds is 3. The lowest BCUT2D eigenvalue weighted by Gasteiger charge is -2.13. The Balaban J connectivity index is 1.81. The molecule has 1 atom stereocenters. The van der Waals surface area contributed by atoms with Crippen molar-refractivity contribution in [3.05, 3.63) is 30.3 Å². The number of carbonyl (C=O) groups excluding carboxylic acids is 2. The van der Waals surface area contributed by atoms with Crippen molar-refractivity contribution in [2.24, 2.45) is 0 Å². The highest BCUT2D eigenvalue weighted by molar-refractivity contribution is 6.21. The van der Waals surface area contributed by atoms with E-state index in [1.807, 2.05) is 18.2 Å². The lowest BCUT2D eigenvalue weighted by atomic mass is 10.2. The number of nitrogens with two attached hydrogens (primary N) is 1. The van der Waals surface area contributed by atoms with Gasteiger partial charge < -0.3 is 5.32 Å². The Kier molecular flexibility index (Phi) is 2.44. The van der Waals surface area contributed by atoms with Gasteiger partial charge in [-0.05, 0) is 12.1 Å². The first kappa shape index (κ1) is 10.5. The van der Waals surface area contributed by atoms with E-state index in [0.717, 1.165) is 0 Å². The molecular formula is C13H15N2O2+. The summed E-state index contributed by atoms with van der Waals surface area (Å²) in [6, 6.07) is 9.52. The van der Waals surface area contributed by atoms with Gasteiger partial charge in [-0.2, -0.15) is 0 Å². The normalized spacial score (nSPS) is 24.5. The van der Waals surface area contributed by atoms with Gasteiger partial charge >= 0.3 is 0 Å². The van der Waals surface area contributed by atoms with E-state index in [-0.39, 0.29) is 17.9 Å². The minimum atomic E-state index is -0.199. The van der Waals surface area contributed by atoms with Crippen molar-refractivity contribution >= 4 is 17.5 Å². The number of quaternary nitrogens is 1. The highest BCUT2D eigenvalue weighted by Gasteiger charge is 2.44. The van der Waals surface area contributed by atoms with Crippen LogP contribution in [0.2, 0.25) is 0 Å². The van der Waals surface area contributed by atoms with Crippen LogP contribution in [0.15, 0.2) is 30.3 Å². The summed E-state index contributed by atoms with van der Waals surface area (Å²) in [7, 11) is 0. The summed E-state index contributed by atoms with van der Waals surface area (Å²) < 4.78 is 0. The first-order chi connectivity index (χ1) is 8.25. The third kappa shape index (κ3) is 1.96. The van der Waals surface area contributed by atoms with E-state index in [9.17, 15) is 9.59 Å². The monoisotopic (exact) mass is 231 g/mol. The third-order valence-corrected chi connectivity index (χ3v) is 3.32. The fourth-order valence-corrected chi connectivity index (χ4v) is 2.27. The van der Waals surface area contributed by atoms with Gasteiger partial charge in [-0.15, -0.1) is 0 Å². The maximum atomic E-state index is 12.2. The van der Waals surface area contributed by atoms with Gasteiger partial charge in [0.15, 0.2) is 6.04 Å². The quantitative estimate of drug-likeness (QED) is 0.747. The highest BCUT2D eigenvalue weighted by atomic mass is 16.2. The zero-order chi connectivity index (χ0) is 11.8. The molecule has 0 radical (unpaired) electrons. The lowest BCUT2D eigenvalue weighted by Crippen LogP contribution is -2.93. The molecule has 1 heterocycles. The van der Waals surface area contributed by atoms with Crippen molar-refractivity contribution in [2.45, 2.75) is 31.3 Å². The number of amides is 2. The Morgan fingerprint density at radius 2 is 1.82 bits per heavy atom. The summed E-state index contributed by atoms with van der Waals surface area (Å²) >= 11 is 0. The Morgan fingerprint density at radius 1 is 1.12 bits per heavy atom. The highest BCUT2D eigenvalue weighted by Crippen LogP contribution is 2.22. The van der Waals surface area contributed by atoms with Crippen molar-refractivity contribution in [3.63, 3.8) is 0 Å². The van der Waals surface area contributed by atoms with Crippen LogP contribution < -0.4 is 10.2 Å². The number of benzene rings is 1.